The van der Waals surface area contributed by atoms with Crippen molar-refractivity contribution in [1.29, 1.82) is 0 Å². The fraction of sp³-hybridized carbons (Fsp3) is 0.176. The van der Waals surface area contributed by atoms with Gasteiger partial charge in [0.25, 0.3) is 5.69 Å². The van der Waals surface area contributed by atoms with Crippen molar-refractivity contribution in [2.24, 2.45) is 0 Å². The van der Waals surface area contributed by atoms with E-state index in [0.29, 0.717) is 12.3 Å². The van der Waals surface area contributed by atoms with E-state index in [9.17, 15) is 19.7 Å². The number of nitro benzene ring substituents is 1. The van der Waals surface area contributed by atoms with E-state index in [-0.39, 0.29) is 22.9 Å². The van der Waals surface area contributed by atoms with Crippen LogP contribution in [-0.2, 0) is 17.1 Å². The first kappa shape index (κ1) is 18.5. The number of carbonyl (C=O) groups is 2. The van der Waals surface area contributed by atoms with Crippen LogP contribution in [0.1, 0.15) is 21.5 Å². The molecule has 0 atom stereocenters. The lowest BCUT2D eigenvalue weighted by Crippen LogP contribution is -2.24. The van der Waals surface area contributed by atoms with Gasteiger partial charge in [-0.1, -0.05) is 24.3 Å². The number of non-ortho nitro benzene ring substituents is 1. The summed E-state index contributed by atoms with van der Waals surface area (Å²) in [7, 11) is 0. The van der Waals surface area contributed by atoms with Gasteiger partial charge in [0.05, 0.1) is 16.2 Å². The van der Waals surface area contributed by atoms with Gasteiger partial charge in [-0.2, -0.15) is 0 Å². The van der Waals surface area contributed by atoms with Crippen molar-refractivity contribution in [2.45, 2.75) is 12.3 Å². The Morgan fingerprint density at radius 2 is 1.64 bits per heavy atom. The Balaban J connectivity index is 1.71. The molecule has 7 nitrogen and oxygen atoms in total. The van der Waals surface area contributed by atoms with Gasteiger partial charge in [0.15, 0.2) is 0 Å². The molecular formula is C17H16N2O5S. The van der Waals surface area contributed by atoms with Crippen molar-refractivity contribution < 1.29 is 19.6 Å². The minimum Gasteiger partial charge on any atom is -0.478 e. The fourth-order valence-electron chi connectivity index (χ4n) is 1.99. The molecule has 0 saturated carbocycles. The van der Waals surface area contributed by atoms with E-state index in [1.165, 1.54) is 36.0 Å². The van der Waals surface area contributed by atoms with Crippen LogP contribution in [0.5, 0.6) is 0 Å². The third kappa shape index (κ3) is 5.92. The van der Waals surface area contributed by atoms with Crippen molar-refractivity contribution in [3.63, 3.8) is 0 Å². The summed E-state index contributed by atoms with van der Waals surface area (Å²) >= 11 is 1.41. The minimum atomic E-state index is -0.988. The molecule has 0 aliphatic rings. The molecule has 8 heteroatoms. The van der Waals surface area contributed by atoms with Gasteiger partial charge in [-0.05, 0) is 23.3 Å². The lowest BCUT2D eigenvalue weighted by atomic mass is 10.1. The molecule has 25 heavy (non-hydrogen) atoms. The molecule has 0 aliphatic carbocycles. The van der Waals surface area contributed by atoms with Gasteiger partial charge >= 0.3 is 5.97 Å². The second kappa shape index (κ2) is 8.84. The summed E-state index contributed by atoms with van der Waals surface area (Å²) < 4.78 is 0. The molecular weight excluding hydrogens is 344 g/mol. The van der Waals surface area contributed by atoms with Crippen LogP contribution >= 0.6 is 11.8 Å². The van der Waals surface area contributed by atoms with Crippen molar-refractivity contribution >= 4 is 29.3 Å². The zero-order chi connectivity index (χ0) is 18.2. The summed E-state index contributed by atoms with van der Waals surface area (Å²) in [4.78, 5) is 32.7. The molecule has 130 valence electrons. The van der Waals surface area contributed by atoms with Gasteiger partial charge in [0.1, 0.15) is 0 Å². The molecule has 0 aromatic heterocycles. The van der Waals surface area contributed by atoms with Crippen LogP contribution in [0.2, 0.25) is 0 Å². The smallest absolute Gasteiger partial charge is 0.335 e. The second-order valence-electron chi connectivity index (χ2n) is 5.20. The SMILES string of the molecule is O=C(CSCc1ccc([N+](=O)[O-])cc1)NCc1ccc(C(=O)O)cc1. The topological polar surface area (TPSA) is 110 Å². The minimum absolute atomic E-state index is 0.0420. The molecule has 0 aliphatic heterocycles. The summed E-state index contributed by atoms with van der Waals surface area (Å²) in [5, 5.41) is 22.2. The molecule has 0 heterocycles. The van der Waals surface area contributed by atoms with Gasteiger partial charge < -0.3 is 10.4 Å². The number of nitrogens with one attached hydrogen (secondary N) is 1. The zero-order valence-electron chi connectivity index (χ0n) is 13.2. The Kier molecular flexibility index (Phi) is 6.53. The third-order valence-electron chi connectivity index (χ3n) is 3.34. The molecule has 1 amide bonds. The number of nitro groups is 1. The highest BCUT2D eigenvalue weighted by Crippen LogP contribution is 2.16. The number of carboxylic acids is 1. The summed E-state index contributed by atoms with van der Waals surface area (Å²) in [6, 6.07) is 12.5. The van der Waals surface area contributed by atoms with E-state index in [1.807, 2.05) is 0 Å². The largest absolute Gasteiger partial charge is 0.478 e. The van der Waals surface area contributed by atoms with Crippen LogP contribution in [0.3, 0.4) is 0 Å². The monoisotopic (exact) mass is 360 g/mol. The predicted molar refractivity (Wildman–Crippen MR) is 94.5 cm³/mol. The quantitative estimate of drug-likeness (QED) is 0.553. The van der Waals surface area contributed by atoms with Crippen LogP contribution in [-0.4, -0.2) is 27.7 Å². The van der Waals surface area contributed by atoms with Gasteiger partial charge in [-0.3, -0.25) is 14.9 Å². The Morgan fingerprint density at radius 3 is 2.20 bits per heavy atom. The molecule has 0 saturated heterocycles. The van der Waals surface area contributed by atoms with Crippen LogP contribution < -0.4 is 5.32 Å². The molecule has 0 unspecified atom stereocenters. The zero-order valence-corrected chi connectivity index (χ0v) is 14.0. The molecule has 0 radical (unpaired) electrons. The van der Waals surface area contributed by atoms with Crippen LogP contribution in [0.15, 0.2) is 48.5 Å². The third-order valence-corrected chi connectivity index (χ3v) is 4.34. The van der Waals surface area contributed by atoms with E-state index in [2.05, 4.69) is 5.32 Å². The Morgan fingerprint density at radius 1 is 1.04 bits per heavy atom. The maximum absolute atomic E-state index is 11.8. The highest BCUT2D eigenvalue weighted by molar-refractivity contribution is 7.99. The summed E-state index contributed by atoms with van der Waals surface area (Å²) in [5.74, 6) is -0.268. The average molecular weight is 360 g/mol. The second-order valence-corrected chi connectivity index (χ2v) is 6.18. The van der Waals surface area contributed by atoms with E-state index < -0.39 is 10.9 Å². The highest BCUT2D eigenvalue weighted by Gasteiger charge is 2.06. The van der Waals surface area contributed by atoms with Crippen molar-refractivity contribution in [3.05, 3.63) is 75.3 Å². The number of hydrogen-bond acceptors (Lipinski definition) is 5. The molecule has 0 fully saturated rings. The maximum atomic E-state index is 11.8. The maximum Gasteiger partial charge on any atom is 0.335 e. The predicted octanol–water partition coefficient (Wildman–Crippen LogP) is 2.84. The number of carboxylic acid groups (broad SMARTS) is 1. The molecule has 0 spiro atoms. The van der Waals surface area contributed by atoms with Crippen LogP contribution in [0.25, 0.3) is 0 Å². The van der Waals surface area contributed by atoms with E-state index in [1.54, 1.807) is 24.3 Å². The highest BCUT2D eigenvalue weighted by atomic mass is 32.2. The first-order valence-corrected chi connectivity index (χ1v) is 8.51. The van der Waals surface area contributed by atoms with Gasteiger partial charge in [0, 0.05) is 24.4 Å². The van der Waals surface area contributed by atoms with Crippen LogP contribution in [0.4, 0.5) is 5.69 Å². The lowest BCUT2D eigenvalue weighted by molar-refractivity contribution is -0.384. The number of benzene rings is 2. The molecule has 2 rings (SSSR count). The molecule has 0 bridgehead atoms. The number of thioether (sulfide) groups is 1. The van der Waals surface area contributed by atoms with E-state index in [0.717, 1.165) is 11.1 Å². The summed E-state index contributed by atoms with van der Waals surface area (Å²) in [5.41, 5.74) is 1.97. The number of hydrogen-bond donors (Lipinski definition) is 2. The van der Waals surface area contributed by atoms with Gasteiger partial charge in [-0.15, -0.1) is 11.8 Å². The number of carbonyl (C=O) groups excluding carboxylic acids is 1. The fourth-order valence-corrected chi connectivity index (χ4v) is 2.81. The van der Waals surface area contributed by atoms with Crippen molar-refractivity contribution in [3.8, 4) is 0 Å². The van der Waals surface area contributed by atoms with Crippen LogP contribution in [0, 0.1) is 10.1 Å². The first-order chi connectivity index (χ1) is 12.0. The number of rotatable bonds is 8. The Hall–Kier alpha value is -2.87. The first-order valence-electron chi connectivity index (χ1n) is 7.35. The standard InChI is InChI=1S/C17H16N2O5S/c20-16(18-9-12-1-5-14(6-2-12)17(21)22)11-25-10-13-3-7-15(8-4-13)19(23)24/h1-8H,9-11H2,(H,18,20)(H,21,22). The Bertz CT molecular complexity index is 760. The van der Waals surface area contributed by atoms with E-state index >= 15 is 0 Å². The summed E-state index contributed by atoms with van der Waals surface area (Å²) in [6.07, 6.45) is 0. The van der Waals surface area contributed by atoms with Crippen molar-refractivity contribution in [1.82, 2.24) is 5.32 Å². The number of nitrogens with zero attached hydrogens (tertiary/aromatic N) is 1. The van der Waals surface area contributed by atoms with Crippen molar-refractivity contribution in [2.75, 3.05) is 5.75 Å². The number of amides is 1. The van der Waals surface area contributed by atoms with E-state index in [4.69, 9.17) is 5.11 Å². The average Bonchev–Trinajstić information content (AvgIpc) is 2.60. The van der Waals surface area contributed by atoms with Gasteiger partial charge in [-0.25, -0.2) is 4.79 Å². The lowest BCUT2D eigenvalue weighted by Gasteiger charge is -2.06. The summed E-state index contributed by atoms with van der Waals surface area (Å²) in [6.45, 7) is 0.330. The molecule has 2 N–H and O–H groups in total. The molecule has 2 aromatic rings. The Labute approximate surface area is 148 Å². The normalized spacial score (nSPS) is 10.2. The molecule has 2 aromatic carbocycles. The number of aromatic carboxylic acids is 1. The van der Waals surface area contributed by atoms with Gasteiger partial charge in [0.2, 0.25) is 5.91 Å².